The molecule has 0 N–H and O–H groups in total. The van der Waals surface area contributed by atoms with Crippen LogP contribution in [-0.2, 0) is 9.63 Å². The van der Waals surface area contributed by atoms with Crippen LogP contribution in [0.1, 0.15) is 40.0 Å². The summed E-state index contributed by atoms with van der Waals surface area (Å²) in [4.78, 5) is 19.0. The first-order chi connectivity index (χ1) is 13.2. The minimum absolute atomic E-state index is 0.199. The molecular formula is C21H31N3O3. The first-order valence-corrected chi connectivity index (χ1v) is 9.93. The molecule has 2 atom stereocenters. The number of allylic oxidation sites excluding steroid dienone is 1. The number of hydrogen-bond acceptors (Lipinski definition) is 6. The lowest BCUT2D eigenvalue weighted by Gasteiger charge is -2.43. The zero-order valence-corrected chi connectivity index (χ0v) is 16.6. The second-order valence-electron chi connectivity index (χ2n) is 7.20. The number of likely N-dealkylation sites (tertiary alicyclic amines) is 1. The second-order valence-corrected chi connectivity index (χ2v) is 7.20. The number of para-hydroxylation sites is 1. The van der Waals surface area contributed by atoms with Crippen molar-refractivity contribution < 1.29 is 14.4 Å². The molecule has 6 heteroatoms. The molecule has 2 aliphatic heterocycles. The number of rotatable bonds is 8. The van der Waals surface area contributed by atoms with Crippen molar-refractivity contribution in [3.05, 3.63) is 41.6 Å². The molecule has 1 saturated heterocycles. The molecule has 0 aromatic heterocycles. The van der Waals surface area contributed by atoms with Crippen molar-refractivity contribution in [1.29, 1.82) is 0 Å². The van der Waals surface area contributed by atoms with Crippen molar-refractivity contribution in [3.63, 3.8) is 0 Å². The Hall–Kier alpha value is -2.05. The third-order valence-electron chi connectivity index (χ3n) is 5.77. The Kier molecular flexibility index (Phi) is 6.74. The minimum atomic E-state index is 0.199. The van der Waals surface area contributed by atoms with Gasteiger partial charge in [-0.05, 0) is 57.5 Å². The van der Waals surface area contributed by atoms with Crippen molar-refractivity contribution in [2.24, 2.45) is 0 Å². The molecule has 1 fully saturated rings. The topological polar surface area (TPSA) is 45.2 Å². The van der Waals surface area contributed by atoms with Gasteiger partial charge in [-0.25, -0.2) is 0 Å². The van der Waals surface area contributed by atoms with E-state index >= 15 is 0 Å². The smallest absolute Gasteiger partial charge is 0.322 e. The van der Waals surface area contributed by atoms with Crippen molar-refractivity contribution in [1.82, 2.24) is 15.1 Å². The Morgan fingerprint density at radius 2 is 1.96 bits per heavy atom. The Balaban J connectivity index is 1.76. The van der Waals surface area contributed by atoms with E-state index in [4.69, 9.17) is 9.57 Å². The van der Waals surface area contributed by atoms with Crippen LogP contribution in [0, 0.1) is 0 Å². The molecule has 0 spiro atoms. The molecule has 0 aliphatic carbocycles. The van der Waals surface area contributed by atoms with Crippen LogP contribution in [0.5, 0.6) is 5.75 Å². The quantitative estimate of drug-likeness (QED) is 0.652. The molecule has 2 unspecified atom stereocenters. The highest BCUT2D eigenvalue weighted by Crippen LogP contribution is 2.35. The summed E-state index contributed by atoms with van der Waals surface area (Å²) < 4.78 is 5.91. The van der Waals surface area contributed by atoms with Gasteiger partial charge in [-0.1, -0.05) is 31.5 Å². The number of ether oxygens (including phenoxy) is 1. The number of hydroxylamine groups is 1. The Morgan fingerprint density at radius 1 is 1.19 bits per heavy atom. The number of carbonyl (C=O) groups excluding carboxylic acids is 1. The monoisotopic (exact) mass is 373 g/mol. The average molecular weight is 373 g/mol. The third kappa shape index (κ3) is 4.28. The van der Waals surface area contributed by atoms with Crippen molar-refractivity contribution in [2.75, 3.05) is 26.2 Å². The van der Waals surface area contributed by atoms with Gasteiger partial charge in [0.15, 0.2) is 0 Å². The molecule has 2 aliphatic rings. The number of nitrogens with zero attached hydrogens (tertiary/aromatic N) is 3. The molecule has 2 heterocycles. The summed E-state index contributed by atoms with van der Waals surface area (Å²) >= 11 is 0. The lowest BCUT2D eigenvalue weighted by Crippen LogP contribution is -2.55. The average Bonchev–Trinajstić information content (AvgIpc) is 2.93. The highest BCUT2D eigenvalue weighted by molar-refractivity contribution is 5.37. The number of hydrazine groups is 1. The van der Waals surface area contributed by atoms with Crippen molar-refractivity contribution in [2.45, 2.75) is 52.1 Å². The van der Waals surface area contributed by atoms with E-state index in [0.29, 0.717) is 25.7 Å². The molecule has 6 nitrogen and oxygen atoms in total. The maximum Gasteiger partial charge on any atom is 0.322 e. The lowest BCUT2D eigenvalue weighted by atomic mass is 9.91. The number of likely N-dealkylation sites (N-methyl/N-ethyl adjacent to an activating group) is 1. The number of carbonyl (C=O) groups is 1. The van der Waals surface area contributed by atoms with Gasteiger partial charge in [-0.2, -0.15) is 5.01 Å². The number of benzene rings is 1. The SMILES string of the molecule is CCN1CCCCC1C1C(C)=C(C)N(OC=O)N1CCOc1ccccc1. The molecule has 0 radical (unpaired) electrons. The van der Waals surface area contributed by atoms with E-state index in [1.807, 2.05) is 37.3 Å². The van der Waals surface area contributed by atoms with E-state index in [-0.39, 0.29) is 6.04 Å². The second kappa shape index (κ2) is 9.24. The summed E-state index contributed by atoms with van der Waals surface area (Å²) in [6, 6.07) is 10.4. The summed E-state index contributed by atoms with van der Waals surface area (Å²) in [5.74, 6) is 0.852. The van der Waals surface area contributed by atoms with Gasteiger partial charge in [0.05, 0.1) is 18.3 Å². The molecule has 0 amide bonds. The molecule has 27 heavy (non-hydrogen) atoms. The van der Waals surface area contributed by atoms with E-state index in [1.54, 1.807) is 5.17 Å². The lowest BCUT2D eigenvalue weighted by molar-refractivity contribution is -0.240. The van der Waals surface area contributed by atoms with Crippen LogP contribution in [0.15, 0.2) is 41.6 Å². The standard InChI is InChI=1S/C21H31N3O3/c1-4-22-13-9-8-12-20(22)21-17(2)18(3)24(27-16-25)23(21)14-15-26-19-10-6-5-7-11-19/h5-7,10-11,16,20-21H,4,8-9,12-15H2,1-3H3. The Morgan fingerprint density at radius 3 is 2.67 bits per heavy atom. The summed E-state index contributed by atoms with van der Waals surface area (Å²) in [5, 5.41) is 3.81. The van der Waals surface area contributed by atoms with Crippen LogP contribution in [-0.4, -0.2) is 59.9 Å². The highest BCUT2D eigenvalue weighted by Gasteiger charge is 2.43. The fourth-order valence-corrected chi connectivity index (χ4v) is 4.33. The van der Waals surface area contributed by atoms with Gasteiger partial charge >= 0.3 is 6.47 Å². The predicted octanol–water partition coefficient (Wildman–Crippen LogP) is 3.22. The maximum absolute atomic E-state index is 11.1. The molecule has 1 aromatic carbocycles. The van der Waals surface area contributed by atoms with Crippen LogP contribution in [0.3, 0.4) is 0 Å². The summed E-state index contributed by atoms with van der Waals surface area (Å²) in [6.45, 7) is 10.2. The van der Waals surface area contributed by atoms with Gasteiger partial charge < -0.3 is 9.57 Å². The van der Waals surface area contributed by atoms with Crippen LogP contribution in [0.2, 0.25) is 0 Å². The van der Waals surface area contributed by atoms with Crippen LogP contribution >= 0.6 is 0 Å². The van der Waals surface area contributed by atoms with E-state index < -0.39 is 0 Å². The zero-order chi connectivity index (χ0) is 19.2. The van der Waals surface area contributed by atoms with E-state index in [1.165, 1.54) is 18.4 Å². The summed E-state index contributed by atoms with van der Waals surface area (Å²) in [6.07, 6.45) is 3.66. The maximum atomic E-state index is 11.1. The van der Waals surface area contributed by atoms with Crippen LogP contribution < -0.4 is 4.74 Å². The van der Waals surface area contributed by atoms with Gasteiger partial charge in [0.25, 0.3) is 0 Å². The van der Waals surface area contributed by atoms with Gasteiger partial charge in [-0.15, -0.1) is 5.17 Å². The van der Waals surface area contributed by atoms with E-state index in [9.17, 15) is 4.79 Å². The fraction of sp³-hybridized carbons (Fsp3) is 0.571. The third-order valence-corrected chi connectivity index (χ3v) is 5.77. The largest absolute Gasteiger partial charge is 0.492 e. The van der Waals surface area contributed by atoms with Crippen LogP contribution in [0.25, 0.3) is 0 Å². The summed E-state index contributed by atoms with van der Waals surface area (Å²) in [5.41, 5.74) is 2.26. The molecule has 0 saturated carbocycles. The minimum Gasteiger partial charge on any atom is -0.492 e. The van der Waals surface area contributed by atoms with E-state index in [0.717, 1.165) is 31.0 Å². The Bertz CT molecular complexity index is 649. The number of hydrogen-bond donors (Lipinski definition) is 0. The summed E-state index contributed by atoms with van der Waals surface area (Å²) in [7, 11) is 0. The molecule has 1 aromatic rings. The highest BCUT2D eigenvalue weighted by atomic mass is 16.7. The van der Waals surface area contributed by atoms with Crippen LogP contribution in [0.4, 0.5) is 0 Å². The van der Waals surface area contributed by atoms with Gasteiger partial charge in [0.1, 0.15) is 12.4 Å². The molecule has 3 rings (SSSR count). The number of piperidine rings is 1. The van der Waals surface area contributed by atoms with E-state index in [2.05, 4.69) is 23.8 Å². The Labute approximate surface area is 162 Å². The first kappa shape index (κ1) is 19.7. The predicted molar refractivity (Wildman–Crippen MR) is 105 cm³/mol. The molecule has 148 valence electrons. The fourth-order valence-electron chi connectivity index (χ4n) is 4.33. The molecular weight excluding hydrogens is 342 g/mol. The van der Waals surface area contributed by atoms with Gasteiger partial charge in [-0.3, -0.25) is 9.69 Å². The zero-order valence-electron chi connectivity index (χ0n) is 16.6. The van der Waals surface area contributed by atoms with Crippen molar-refractivity contribution >= 4 is 6.47 Å². The first-order valence-electron chi connectivity index (χ1n) is 9.93. The van der Waals surface area contributed by atoms with Crippen molar-refractivity contribution in [3.8, 4) is 5.75 Å². The van der Waals surface area contributed by atoms with Gasteiger partial charge in [0.2, 0.25) is 0 Å². The van der Waals surface area contributed by atoms with Gasteiger partial charge in [0, 0.05) is 6.04 Å². The molecule has 0 bridgehead atoms. The normalized spacial score (nSPS) is 24.3.